The van der Waals surface area contributed by atoms with E-state index in [1.807, 2.05) is 37.3 Å². The normalized spacial score (nSPS) is 13.5. The monoisotopic (exact) mass is 390 g/mol. The molecule has 7 heteroatoms. The van der Waals surface area contributed by atoms with Gasteiger partial charge in [0.2, 0.25) is 15.9 Å². The van der Waals surface area contributed by atoms with E-state index in [0.717, 1.165) is 16.1 Å². The largest absolute Gasteiger partial charge is 0.497 e. The van der Waals surface area contributed by atoms with E-state index in [4.69, 9.17) is 4.74 Å². The molecule has 2 aromatic carbocycles. The number of nitrogens with one attached hydrogen (secondary N) is 1. The van der Waals surface area contributed by atoms with E-state index in [1.165, 1.54) is 7.11 Å². The summed E-state index contributed by atoms with van der Waals surface area (Å²) in [5, 5.41) is 2.92. The molecule has 0 aliphatic heterocycles. The second-order valence-corrected chi connectivity index (χ2v) is 8.18. The average molecular weight is 391 g/mol. The van der Waals surface area contributed by atoms with Gasteiger partial charge >= 0.3 is 0 Å². The topological polar surface area (TPSA) is 75.7 Å². The predicted octanol–water partition coefficient (Wildman–Crippen LogP) is 3.12. The molecule has 146 valence electrons. The molecule has 0 spiro atoms. The van der Waals surface area contributed by atoms with Crippen molar-refractivity contribution in [3.63, 3.8) is 0 Å². The average Bonchev–Trinajstić information content (AvgIpc) is 2.65. The van der Waals surface area contributed by atoms with Gasteiger partial charge in [-0.2, -0.15) is 0 Å². The van der Waals surface area contributed by atoms with Crippen LogP contribution >= 0.6 is 0 Å². The first-order chi connectivity index (χ1) is 12.8. The molecule has 0 aliphatic rings. The van der Waals surface area contributed by atoms with E-state index in [-0.39, 0.29) is 11.9 Å². The molecule has 0 heterocycles. The van der Waals surface area contributed by atoms with Gasteiger partial charge in [-0.25, -0.2) is 8.42 Å². The molecule has 0 fully saturated rings. The molecule has 2 aromatic rings. The van der Waals surface area contributed by atoms with Gasteiger partial charge < -0.3 is 10.1 Å². The van der Waals surface area contributed by atoms with Crippen LogP contribution in [-0.4, -0.2) is 33.7 Å². The predicted molar refractivity (Wildman–Crippen MR) is 107 cm³/mol. The molecule has 6 nitrogen and oxygen atoms in total. The lowest BCUT2D eigenvalue weighted by Crippen LogP contribution is -2.49. The van der Waals surface area contributed by atoms with Crippen LogP contribution in [0, 0.1) is 0 Å². The minimum Gasteiger partial charge on any atom is -0.497 e. The Labute approximate surface area is 161 Å². The molecule has 2 rings (SSSR count). The zero-order valence-electron chi connectivity index (χ0n) is 16.0. The van der Waals surface area contributed by atoms with Gasteiger partial charge in [-0.05, 0) is 31.0 Å². The maximum Gasteiger partial charge on any atom is 0.244 e. The van der Waals surface area contributed by atoms with E-state index >= 15 is 0 Å². The number of hydrogen-bond donors (Lipinski definition) is 1. The van der Waals surface area contributed by atoms with E-state index < -0.39 is 16.1 Å². The number of anilines is 1. The number of carbonyl (C=O) groups excluding carboxylic acids is 1. The zero-order chi connectivity index (χ0) is 20.0. The summed E-state index contributed by atoms with van der Waals surface area (Å²) in [6, 6.07) is 15.1. The molecular weight excluding hydrogens is 364 g/mol. The number of methoxy groups -OCH3 is 1. The van der Waals surface area contributed by atoms with Crippen molar-refractivity contribution in [1.82, 2.24) is 5.32 Å². The molecule has 1 N–H and O–H groups in total. The molecule has 2 atom stereocenters. The van der Waals surface area contributed by atoms with Gasteiger partial charge in [0.15, 0.2) is 0 Å². The van der Waals surface area contributed by atoms with Gasteiger partial charge in [0.05, 0.1) is 25.1 Å². The number of sulfonamides is 1. The summed E-state index contributed by atoms with van der Waals surface area (Å²) in [6.45, 7) is 3.66. The molecule has 0 aliphatic carbocycles. The second kappa shape index (κ2) is 8.90. The fourth-order valence-electron chi connectivity index (χ4n) is 2.94. The van der Waals surface area contributed by atoms with Crippen molar-refractivity contribution in [1.29, 1.82) is 0 Å². The van der Waals surface area contributed by atoms with Crippen LogP contribution in [0.1, 0.15) is 31.9 Å². The molecule has 0 unspecified atom stereocenters. The fourth-order valence-corrected chi connectivity index (χ4v) is 4.15. The summed E-state index contributed by atoms with van der Waals surface area (Å²) in [6.07, 6.45) is 1.43. The number of carbonyl (C=O) groups is 1. The van der Waals surface area contributed by atoms with Gasteiger partial charge in [0.25, 0.3) is 0 Å². The number of ether oxygens (including phenoxy) is 1. The smallest absolute Gasteiger partial charge is 0.244 e. The highest BCUT2D eigenvalue weighted by Crippen LogP contribution is 2.26. The van der Waals surface area contributed by atoms with Crippen molar-refractivity contribution < 1.29 is 17.9 Å². The Morgan fingerprint density at radius 2 is 1.81 bits per heavy atom. The van der Waals surface area contributed by atoms with Crippen molar-refractivity contribution >= 4 is 21.6 Å². The maximum absolute atomic E-state index is 12.9. The number of amides is 1. The van der Waals surface area contributed by atoms with Gasteiger partial charge in [-0.3, -0.25) is 9.10 Å². The lowest BCUT2D eigenvalue weighted by atomic mass is 10.1. The molecule has 0 aromatic heterocycles. The van der Waals surface area contributed by atoms with Crippen LogP contribution in [0.2, 0.25) is 0 Å². The van der Waals surface area contributed by atoms with Crippen molar-refractivity contribution in [2.24, 2.45) is 0 Å². The summed E-state index contributed by atoms with van der Waals surface area (Å²) in [5.74, 6) is 0.177. The maximum atomic E-state index is 12.9. The summed E-state index contributed by atoms with van der Waals surface area (Å²) >= 11 is 0. The first-order valence-electron chi connectivity index (χ1n) is 8.76. The summed E-state index contributed by atoms with van der Waals surface area (Å²) in [5.41, 5.74) is 1.35. The van der Waals surface area contributed by atoms with Crippen molar-refractivity contribution in [3.05, 3.63) is 60.2 Å². The van der Waals surface area contributed by atoms with Gasteiger partial charge in [-0.15, -0.1) is 0 Å². The van der Waals surface area contributed by atoms with Crippen LogP contribution in [0.3, 0.4) is 0 Å². The Morgan fingerprint density at radius 3 is 2.37 bits per heavy atom. The Balaban J connectivity index is 2.33. The van der Waals surface area contributed by atoms with Crippen LogP contribution < -0.4 is 14.4 Å². The van der Waals surface area contributed by atoms with E-state index in [1.54, 1.807) is 31.2 Å². The van der Waals surface area contributed by atoms with Gasteiger partial charge in [-0.1, -0.05) is 43.3 Å². The highest BCUT2D eigenvalue weighted by molar-refractivity contribution is 7.92. The van der Waals surface area contributed by atoms with Crippen LogP contribution in [0.5, 0.6) is 5.75 Å². The highest BCUT2D eigenvalue weighted by Gasteiger charge is 2.32. The zero-order valence-corrected chi connectivity index (χ0v) is 16.9. The van der Waals surface area contributed by atoms with E-state index in [0.29, 0.717) is 17.9 Å². The summed E-state index contributed by atoms with van der Waals surface area (Å²) < 4.78 is 31.3. The Kier molecular flexibility index (Phi) is 6.85. The van der Waals surface area contributed by atoms with Crippen molar-refractivity contribution in [3.8, 4) is 5.75 Å². The minimum atomic E-state index is -3.68. The summed E-state index contributed by atoms with van der Waals surface area (Å²) in [7, 11) is -2.17. The van der Waals surface area contributed by atoms with Crippen LogP contribution in [0.15, 0.2) is 54.6 Å². The van der Waals surface area contributed by atoms with E-state index in [9.17, 15) is 13.2 Å². The van der Waals surface area contributed by atoms with Crippen LogP contribution in [-0.2, 0) is 14.8 Å². The molecule has 1 amide bonds. The lowest BCUT2D eigenvalue weighted by molar-refractivity contribution is -0.122. The Bertz CT molecular complexity index is 869. The van der Waals surface area contributed by atoms with Crippen LogP contribution in [0.25, 0.3) is 0 Å². The first kappa shape index (κ1) is 20.8. The first-order valence-corrected chi connectivity index (χ1v) is 10.6. The molecule has 0 saturated carbocycles. The minimum absolute atomic E-state index is 0.237. The third-order valence-electron chi connectivity index (χ3n) is 4.30. The highest BCUT2D eigenvalue weighted by atomic mass is 32.2. The Hall–Kier alpha value is -2.54. The summed E-state index contributed by atoms with van der Waals surface area (Å²) in [4.78, 5) is 12.9. The number of benzene rings is 2. The lowest BCUT2D eigenvalue weighted by Gasteiger charge is -2.31. The molecule has 0 saturated heterocycles. The van der Waals surface area contributed by atoms with Crippen molar-refractivity contribution in [2.75, 3.05) is 17.7 Å². The van der Waals surface area contributed by atoms with E-state index in [2.05, 4.69) is 5.32 Å². The molecular formula is C20H26N2O4S. The SMILES string of the molecule is CC[C@@H](C(=O)N[C@@H](C)c1ccccc1)N(c1cccc(OC)c1)S(C)(=O)=O. The van der Waals surface area contributed by atoms with Crippen molar-refractivity contribution in [2.45, 2.75) is 32.4 Å². The van der Waals surface area contributed by atoms with Crippen LogP contribution in [0.4, 0.5) is 5.69 Å². The third kappa shape index (κ3) is 5.23. The van der Waals surface area contributed by atoms with Gasteiger partial charge in [0, 0.05) is 6.07 Å². The van der Waals surface area contributed by atoms with Gasteiger partial charge in [0.1, 0.15) is 11.8 Å². The fraction of sp³-hybridized carbons (Fsp3) is 0.350. The third-order valence-corrected chi connectivity index (χ3v) is 5.48. The molecule has 0 radical (unpaired) electrons. The standard InChI is InChI=1S/C20H26N2O4S/c1-5-19(20(23)21-15(2)16-10-7-6-8-11-16)22(27(4,24)25)17-12-9-13-18(14-17)26-3/h6-15,19H,5H2,1-4H3,(H,21,23)/t15-,19-/m0/s1. The molecule has 0 bridgehead atoms. The number of hydrogen-bond acceptors (Lipinski definition) is 4. The Morgan fingerprint density at radius 1 is 1.15 bits per heavy atom. The second-order valence-electron chi connectivity index (χ2n) is 6.33. The molecule has 27 heavy (non-hydrogen) atoms. The number of nitrogens with zero attached hydrogens (tertiary/aromatic N) is 1. The number of rotatable bonds is 8. The quantitative estimate of drug-likeness (QED) is 0.751.